The Morgan fingerprint density at radius 1 is 1.31 bits per heavy atom. The van der Waals surface area contributed by atoms with Gasteiger partial charge in [-0.1, -0.05) is 0 Å². The van der Waals surface area contributed by atoms with Gasteiger partial charge < -0.3 is 25.5 Å². The van der Waals surface area contributed by atoms with E-state index >= 15 is 0 Å². The summed E-state index contributed by atoms with van der Waals surface area (Å²) in [6, 6.07) is 3.74. The van der Waals surface area contributed by atoms with E-state index in [1.807, 2.05) is 50.0 Å². The fraction of sp³-hybridized carbons (Fsp3) is 0.278. The van der Waals surface area contributed by atoms with Gasteiger partial charge >= 0.3 is 0 Å². The minimum atomic E-state index is -0.214. The normalized spacial score (nSPS) is 11.1. The summed E-state index contributed by atoms with van der Waals surface area (Å²) >= 11 is 0. The number of aryl methyl sites for hydroxylation is 3. The third-order valence-electron chi connectivity index (χ3n) is 4.36. The molecule has 11 nitrogen and oxygen atoms in total. The maximum atomic E-state index is 12.6. The zero-order valence-corrected chi connectivity index (χ0v) is 16.4. The SMILES string of the molecule is CCn1nc(C)cc1NC(=O)Cn1cnc2c(Nc3ccn(C)c3)nc(N)nc21. The second-order valence-corrected chi connectivity index (χ2v) is 6.70. The summed E-state index contributed by atoms with van der Waals surface area (Å²) in [5.74, 6) is 1.02. The van der Waals surface area contributed by atoms with Crippen LogP contribution in [-0.4, -0.2) is 39.8 Å². The van der Waals surface area contributed by atoms with Gasteiger partial charge in [-0.3, -0.25) is 4.79 Å². The van der Waals surface area contributed by atoms with Crippen molar-refractivity contribution in [2.75, 3.05) is 16.4 Å². The Kier molecular flexibility index (Phi) is 4.63. The van der Waals surface area contributed by atoms with Crippen LogP contribution in [0.5, 0.6) is 0 Å². The molecule has 0 aliphatic heterocycles. The highest BCUT2D eigenvalue weighted by molar-refractivity contribution is 5.92. The van der Waals surface area contributed by atoms with Crippen LogP contribution in [0.4, 0.5) is 23.3 Å². The second-order valence-electron chi connectivity index (χ2n) is 6.70. The Balaban J connectivity index is 1.59. The first-order valence-corrected chi connectivity index (χ1v) is 9.14. The Labute approximate surface area is 166 Å². The fourth-order valence-corrected chi connectivity index (χ4v) is 3.10. The van der Waals surface area contributed by atoms with Crippen LogP contribution in [0.3, 0.4) is 0 Å². The standard InChI is InChI=1S/C18H22N10O/c1-4-28-13(7-11(2)25-28)22-14(29)9-27-10-20-15-16(23-18(19)24-17(15)27)21-12-5-6-26(3)8-12/h5-8,10H,4,9H2,1-3H3,(H,22,29)(H3,19,21,23,24). The number of hydrogen-bond acceptors (Lipinski definition) is 7. The number of aromatic nitrogens is 7. The van der Waals surface area contributed by atoms with Crippen molar-refractivity contribution in [2.24, 2.45) is 7.05 Å². The fourth-order valence-electron chi connectivity index (χ4n) is 3.10. The van der Waals surface area contributed by atoms with Crippen molar-refractivity contribution in [3.05, 3.63) is 36.5 Å². The molecule has 1 amide bonds. The van der Waals surface area contributed by atoms with Crippen LogP contribution in [0.1, 0.15) is 12.6 Å². The summed E-state index contributed by atoms with van der Waals surface area (Å²) < 4.78 is 5.29. The third-order valence-corrected chi connectivity index (χ3v) is 4.36. The van der Waals surface area contributed by atoms with Crippen molar-refractivity contribution < 1.29 is 4.79 Å². The lowest BCUT2D eigenvalue weighted by atomic mass is 10.4. The predicted octanol–water partition coefficient (Wildman–Crippen LogP) is 1.65. The van der Waals surface area contributed by atoms with E-state index in [4.69, 9.17) is 5.73 Å². The average Bonchev–Trinajstić information content (AvgIpc) is 3.34. The van der Waals surface area contributed by atoms with Crippen molar-refractivity contribution in [1.82, 2.24) is 33.9 Å². The summed E-state index contributed by atoms with van der Waals surface area (Å²) in [4.78, 5) is 25.5. The molecule has 4 aromatic heterocycles. The van der Waals surface area contributed by atoms with E-state index in [-0.39, 0.29) is 18.4 Å². The molecular weight excluding hydrogens is 372 g/mol. The van der Waals surface area contributed by atoms with E-state index in [1.54, 1.807) is 15.6 Å². The Bertz CT molecular complexity index is 1180. The van der Waals surface area contributed by atoms with E-state index in [0.717, 1.165) is 11.4 Å². The molecule has 4 N–H and O–H groups in total. The number of nitrogens with one attached hydrogen (secondary N) is 2. The predicted molar refractivity (Wildman–Crippen MR) is 110 cm³/mol. The van der Waals surface area contributed by atoms with Gasteiger partial charge in [0.15, 0.2) is 17.0 Å². The molecule has 0 atom stereocenters. The monoisotopic (exact) mass is 394 g/mol. The number of nitrogens with zero attached hydrogens (tertiary/aromatic N) is 7. The number of amides is 1. The van der Waals surface area contributed by atoms with Crippen molar-refractivity contribution in [3.8, 4) is 0 Å². The number of nitrogen functional groups attached to an aromatic ring is 1. The lowest BCUT2D eigenvalue weighted by Gasteiger charge is -2.09. The molecule has 4 rings (SSSR count). The average molecular weight is 394 g/mol. The summed E-state index contributed by atoms with van der Waals surface area (Å²) in [5, 5.41) is 10.4. The highest BCUT2D eigenvalue weighted by atomic mass is 16.2. The third kappa shape index (κ3) is 3.74. The molecule has 0 fully saturated rings. The number of fused-ring (bicyclic) bond motifs is 1. The summed E-state index contributed by atoms with van der Waals surface area (Å²) in [6.45, 7) is 4.54. The highest BCUT2D eigenvalue weighted by Gasteiger charge is 2.16. The number of rotatable bonds is 6. The minimum Gasteiger partial charge on any atom is -0.368 e. The van der Waals surface area contributed by atoms with Crippen LogP contribution in [0.15, 0.2) is 30.9 Å². The molecule has 0 aliphatic rings. The van der Waals surface area contributed by atoms with Gasteiger partial charge in [-0.15, -0.1) is 0 Å². The van der Waals surface area contributed by atoms with Crippen molar-refractivity contribution in [1.29, 1.82) is 0 Å². The van der Waals surface area contributed by atoms with Gasteiger partial charge in [-0.25, -0.2) is 9.67 Å². The molecule has 0 aromatic carbocycles. The van der Waals surface area contributed by atoms with Crippen molar-refractivity contribution in [3.63, 3.8) is 0 Å². The van der Waals surface area contributed by atoms with Crippen LogP contribution in [-0.2, 0) is 24.9 Å². The number of imidazole rings is 1. The number of carbonyl (C=O) groups is 1. The van der Waals surface area contributed by atoms with Gasteiger partial charge in [0.1, 0.15) is 12.4 Å². The van der Waals surface area contributed by atoms with Gasteiger partial charge in [0.25, 0.3) is 0 Å². The molecule has 0 unspecified atom stereocenters. The lowest BCUT2D eigenvalue weighted by molar-refractivity contribution is -0.116. The van der Waals surface area contributed by atoms with Gasteiger partial charge in [-0.2, -0.15) is 15.1 Å². The molecule has 150 valence electrons. The molecule has 0 saturated heterocycles. The molecule has 0 radical (unpaired) electrons. The number of anilines is 4. The Hall–Kier alpha value is -3.89. The molecule has 0 saturated carbocycles. The largest absolute Gasteiger partial charge is 0.368 e. The zero-order valence-electron chi connectivity index (χ0n) is 16.4. The van der Waals surface area contributed by atoms with Crippen LogP contribution in [0.2, 0.25) is 0 Å². The van der Waals surface area contributed by atoms with Gasteiger partial charge in [0, 0.05) is 32.1 Å². The molecule has 11 heteroatoms. The van der Waals surface area contributed by atoms with Crippen LogP contribution < -0.4 is 16.4 Å². The maximum Gasteiger partial charge on any atom is 0.245 e. The summed E-state index contributed by atoms with van der Waals surface area (Å²) in [7, 11) is 1.93. The smallest absolute Gasteiger partial charge is 0.245 e. The first-order valence-electron chi connectivity index (χ1n) is 9.14. The van der Waals surface area contributed by atoms with Gasteiger partial charge in [0.2, 0.25) is 11.9 Å². The Morgan fingerprint density at radius 3 is 2.86 bits per heavy atom. The minimum absolute atomic E-state index is 0.0334. The van der Waals surface area contributed by atoms with E-state index in [9.17, 15) is 4.79 Å². The van der Waals surface area contributed by atoms with Crippen molar-refractivity contribution >= 4 is 40.3 Å². The first-order chi connectivity index (χ1) is 13.9. The Morgan fingerprint density at radius 2 is 2.14 bits per heavy atom. The van der Waals surface area contributed by atoms with E-state index < -0.39 is 0 Å². The summed E-state index contributed by atoms with van der Waals surface area (Å²) in [5.41, 5.74) is 8.59. The molecular formula is C18H22N10O. The molecule has 4 heterocycles. The highest BCUT2D eigenvalue weighted by Crippen LogP contribution is 2.23. The molecule has 0 bridgehead atoms. The summed E-state index contributed by atoms with van der Waals surface area (Å²) in [6.07, 6.45) is 5.38. The number of hydrogen-bond donors (Lipinski definition) is 3. The second kappa shape index (κ2) is 7.26. The van der Waals surface area contributed by atoms with E-state index in [1.165, 1.54) is 0 Å². The van der Waals surface area contributed by atoms with Crippen LogP contribution in [0.25, 0.3) is 11.2 Å². The molecule has 29 heavy (non-hydrogen) atoms. The van der Waals surface area contributed by atoms with Crippen LogP contribution in [0, 0.1) is 6.92 Å². The maximum absolute atomic E-state index is 12.6. The zero-order chi connectivity index (χ0) is 20.5. The van der Waals surface area contributed by atoms with E-state index in [0.29, 0.717) is 29.3 Å². The number of carbonyl (C=O) groups excluding carboxylic acids is 1. The topological polar surface area (TPSA) is 134 Å². The number of nitrogens with two attached hydrogens (primary N) is 1. The van der Waals surface area contributed by atoms with Gasteiger partial charge in [0.05, 0.1) is 17.7 Å². The molecule has 0 aliphatic carbocycles. The van der Waals surface area contributed by atoms with Crippen molar-refractivity contribution in [2.45, 2.75) is 26.9 Å². The molecule has 4 aromatic rings. The van der Waals surface area contributed by atoms with E-state index in [2.05, 4.69) is 30.7 Å². The van der Waals surface area contributed by atoms with Crippen LogP contribution >= 0.6 is 0 Å². The van der Waals surface area contributed by atoms with Gasteiger partial charge in [-0.05, 0) is 19.9 Å². The lowest BCUT2D eigenvalue weighted by Crippen LogP contribution is -2.20. The molecule has 0 spiro atoms. The quantitative estimate of drug-likeness (QED) is 0.453. The first kappa shape index (κ1) is 18.5.